The molecule has 1 N–H and O–H groups in total. The first-order chi connectivity index (χ1) is 8.95. The molecule has 19 heavy (non-hydrogen) atoms. The number of aromatic nitrogens is 2. The maximum atomic E-state index is 12.0. The number of hydrogen-bond acceptors (Lipinski definition) is 3. The fraction of sp³-hybridized carbons (Fsp3) is 0.0833. The fourth-order valence-electron chi connectivity index (χ4n) is 1.44. The van der Waals surface area contributed by atoms with Crippen LogP contribution in [0, 0.1) is 6.92 Å². The Kier molecular flexibility index (Phi) is 4.24. The van der Waals surface area contributed by atoms with Gasteiger partial charge in [-0.25, -0.2) is 9.97 Å². The number of rotatable bonds is 2. The van der Waals surface area contributed by atoms with Gasteiger partial charge in [0.25, 0.3) is 5.91 Å². The molecule has 2 rings (SSSR count). The molecule has 0 bridgehead atoms. The highest BCUT2D eigenvalue weighted by Crippen LogP contribution is 2.20. The van der Waals surface area contributed by atoms with Gasteiger partial charge in [0.2, 0.25) is 5.28 Å². The summed E-state index contributed by atoms with van der Waals surface area (Å²) in [5, 5.41) is 3.02. The van der Waals surface area contributed by atoms with E-state index in [4.69, 9.17) is 34.8 Å². The second-order valence-electron chi connectivity index (χ2n) is 3.78. The highest BCUT2D eigenvalue weighted by atomic mass is 35.5. The maximum Gasteiger partial charge on any atom is 0.258 e. The van der Waals surface area contributed by atoms with Crippen LogP contribution in [-0.2, 0) is 0 Å². The van der Waals surface area contributed by atoms with Crippen molar-refractivity contribution in [1.29, 1.82) is 0 Å². The Morgan fingerprint density at radius 1 is 1.16 bits per heavy atom. The van der Waals surface area contributed by atoms with E-state index in [0.717, 1.165) is 5.56 Å². The zero-order valence-electron chi connectivity index (χ0n) is 9.75. The average molecular weight is 317 g/mol. The Morgan fingerprint density at radius 2 is 1.89 bits per heavy atom. The van der Waals surface area contributed by atoms with Gasteiger partial charge in [-0.15, -0.1) is 0 Å². The number of carbonyl (C=O) groups is 1. The van der Waals surface area contributed by atoms with Gasteiger partial charge in [-0.3, -0.25) is 4.79 Å². The molecule has 1 aromatic carbocycles. The highest BCUT2D eigenvalue weighted by molar-refractivity contribution is 6.34. The lowest BCUT2D eigenvalue weighted by Crippen LogP contribution is -2.13. The van der Waals surface area contributed by atoms with Gasteiger partial charge in [-0.05, 0) is 36.2 Å². The van der Waals surface area contributed by atoms with Gasteiger partial charge >= 0.3 is 0 Å². The summed E-state index contributed by atoms with van der Waals surface area (Å²) < 4.78 is 0. The van der Waals surface area contributed by atoms with Crippen LogP contribution in [0.15, 0.2) is 24.3 Å². The van der Waals surface area contributed by atoms with E-state index in [1.54, 1.807) is 18.2 Å². The van der Waals surface area contributed by atoms with Crippen LogP contribution in [0.2, 0.25) is 15.5 Å². The Labute approximate surface area is 124 Å². The summed E-state index contributed by atoms with van der Waals surface area (Å²) in [6.45, 7) is 1.89. The van der Waals surface area contributed by atoms with Crippen molar-refractivity contribution >= 4 is 46.5 Å². The summed E-state index contributed by atoms with van der Waals surface area (Å²) in [4.78, 5) is 19.6. The molecule has 0 unspecified atom stereocenters. The molecule has 0 aliphatic rings. The molecule has 0 saturated heterocycles. The van der Waals surface area contributed by atoms with Gasteiger partial charge in [0.15, 0.2) is 0 Å². The molecule has 4 nitrogen and oxygen atoms in total. The molecule has 1 heterocycles. The molecule has 0 fully saturated rings. The lowest BCUT2D eigenvalue weighted by molar-refractivity contribution is 0.102. The normalized spacial score (nSPS) is 10.3. The summed E-state index contributed by atoms with van der Waals surface area (Å²) in [7, 11) is 0. The van der Waals surface area contributed by atoms with E-state index in [1.165, 1.54) is 6.07 Å². The van der Waals surface area contributed by atoms with Crippen LogP contribution in [-0.4, -0.2) is 15.9 Å². The van der Waals surface area contributed by atoms with Crippen LogP contribution < -0.4 is 5.32 Å². The number of amides is 1. The zero-order chi connectivity index (χ0) is 14.0. The predicted octanol–water partition coefficient (Wildman–Crippen LogP) is 4.00. The summed E-state index contributed by atoms with van der Waals surface area (Å²) >= 11 is 17.4. The molecule has 7 heteroatoms. The van der Waals surface area contributed by atoms with Crippen molar-refractivity contribution in [1.82, 2.24) is 9.97 Å². The number of nitrogens with zero attached hydrogens (tertiary/aromatic N) is 2. The third-order valence-corrected chi connectivity index (χ3v) is 2.95. The number of nitrogens with one attached hydrogen (secondary N) is 1. The average Bonchev–Trinajstić information content (AvgIpc) is 2.26. The molecule has 0 saturated carbocycles. The summed E-state index contributed by atoms with van der Waals surface area (Å²) in [6.07, 6.45) is 0. The first kappa shape index (κ1) is 14.1. The van der Waals surface area contributed by atoms with Crippen molar-refractivity contribution in [3.05, 3.63) is 50.9 Å². The van der Waals surface area contributed by atoms with Crippen LogP contribution >= 0.6 is 34.8 Å². The van der Waals surface area contributed by atoms with Gasteiger partial charge in [-0.2, -0.15) is 0 Å². The van der Waals surface area contributed by atoms with Crippen molar-refractivity contribution in [2.45, 2.75) is 6.92 Å². The predicted molar refractivity (Wildman–Crippen MR) is 76.2 cm³/mol. The zero-order valence-corrected chi connectivity index (χ0v) is 12.0. The van der Waals surface area contributed by atoms with Crippen molar-refractivity contribution < 1.29 is 4.79 Å². The van der Waals surface area contributed by atoms with Gasteiger partial charge < -0.3 is 5.32 Å². The van der Waals surface area contributed by atoms with Crippen LogP contribution in [0.4, 0.5) is 5.82 Å². The number of carbonyl (C=O) groups excluding carboxylic acids is 1. The van der Waals surface area contributed by atoms with Gasteiger partial charge in [-0.1, -0.05) is 29.3 Å². The number of aryl methyl sites for hydroxylation is 1. The third kappa shape index (κ3) is 3.56. The fourth-order valence-corrected chi connectivity index (χ4v) is 2.17. The number of benzene rings is 1. The molecule has 2 aromatic rings. The molecular formula is C12H8Cl3N3O. The first-order valence-electron chi connectivity index (χ1n) is 5.23. The van der Waals surface area contributed by atoms with Crippen molar-refractivity contribution in [3.63, 3.8) is 0 Å². The quantitative estimate of drug-likeness (QED) is 0.673. The molecule has 98 valence electrons. The number of halogens is 3. The van der Waals surface area contributed by atoms with E-state index in [0.29, 0.717) is 10.6 Å². The minimum atomic E-state index is -0.393. The first-order valence-corrected chi connectivity index (χ1v) is 6.36. The molecule has 0 aliphatic carbocycles. The molecule has 0 spiro atoms. The minimum Gasteiger partial charge on any atom is -0.306 e. The Morgan fingerprint density at radius 3 is 2.53 bits per heavy atom. The lowest BCUT2D eigenvalue weighted by Gasteiger charge is -2.07. The second-order valence-corrected chi connectivity index (χ2v) is 4.91. The molecule has 0 atom stereocenters. The molecule has 0 radical (unpaired) electrons. The van der Waals surface area contributed by atoms with E-state index in [9.17, 15) is 4.79 Å². The smallest absolute Gasteiger partial charge is 0.258 e. The van der Waals surface area contributed by atoms with Crippen LogP contribution in [0.1, 0.15) is 15.9 Å². The van der Waals surface area contributed by atoms with E-state index < -0.39 is 5.91 Å². The SMILES string of the molecule is Cc1ccc(C(=O)Nc2cc(Cl)nc(Cl)n2)c(Cl)c1. The minimum absolute atomic E-state index is 0.0437. The Balaban J connectivity index is 2.25. The highest BCUT2D eigenvalue weighted by Gasteiger charge is 2.12. The van der Waals surface area contributed by atoms with Gasteiger partial charge in [0, 0.05) is 6.07 Å². The van der Waals surface area contributed by atoms with Crippen molar-refractivity contribution in [3.8, 4) is 0 Å². The summed E-state index contributed by atoms with van der Waals surface area (Å²) in [5.74, 6) is -0.178. The monoisotopic (exact) mass is 315 g/mol. The summed E-state index contributed by atoms with van der Waals surface area (Å²) in [6, 6.07) is 6.53. The standard InChI is InChI=1S/C12H8Cl3N3O/c1-6-2-3-7(8(13)4-6)11(19)17-10-5-9(14)16-12(15)18-10/h2-5H,1H3,(H,16,17,18,19). The van der Waals surface area contributed by atoms with E-state index in [-0.39, 0.29) is 16.3 Å². The number of hydrogen-bond donors (Lipinski definition) is 1. The molecule has 1 amide bonds. The van der Waals surface area contributed by atoms with E-state index >= 15 is 0 Å². The largest absolute Gasteiger partial charge is 0.306 e. The molecular weight excluding hydrogens is 309 g/mol. The van der Waals surface area contributed by atoms with Crippen molar-refractivity contribution in [2.75, 3.05) is 5.32 Å². The van der Waals surface area contributed by atoms with Crippen LogP contribution in [0.3, 0.4) is 0 Å². The van der Waals surface area contributed by atoms with Gasteiger partial charge in [0.1, 0.15) is 11.0 Å². The van der Waals surface area contributed by atoms with Crippen LogP contribution in [0.5, 0.6) is 0 Å². The number of anilines is 1. The Bertz CT molecular complexity index is 626. The maximum absolute atomic E-state index is 12.0. The lowest BCUT2D eigenvalue weighted by atomic mass is 10.1. The van der Waals surface area contributed by atoms with E-state index in [2.05, 4.69) is 15.3 Å². The van der Waals surface area contributed by atoms with Crippen LogP contribution in [0.25, 0.3) is 0 Å². The Hall–Kier alpha value is -1.36. The second kappa shape index (κ2) is 5.74. The van der Waals surface area contributed by atoms with Crippen molar-refractivity contribution in [2.24, 2.45) is 0 Å². The molecule has 0 aliphatic heterocycles. The topological polar surface area (TPSA) is 54.9 Å². The third-order valence-electron chi connectivity index (χ3n) is 2.28. The molecule has 1 aromatic heterocycles. The summed E-state index contributed by atoms with van der Waals surface area (Å²) in [5.41, 5.74) is 1.31. The van der Waals surface area contributed by atoms with E-state index in [1.807, 2.05) is 6.92 Å². The van der Waals surface area contributed by atoms with Gasteiger partial charge in [0.05, 0.1) is 10.6 Å².